The minimum atomic E-state index is -0.955. The fourth-order valence-corrected chi connectivity index (χ4v) is 3.22. The largest absolute Gasteiger partial charge is 0.478 e. The maximum atomic E-state index is 11.4. The quantitative estimate of drug-likeness (QED) is 0.884. The molecule has 1 aromatic carbocycles. The van der Waals surface area contributed by atoms with Gasteiger partial charge in [-0.3, -0.25) is 0 Å². The van der Waals surface area contributed by atoms with Gasteiger partial charge in [0.25, 0.3) is 0 Å². The molecule has 3 nitrogen and oxygen atoms in total. The smallest absolute Gasteiger partial charge is 0.339 e. The zero-order valence-corrected chi connectivity index (χ0v) is 13.1. The third-order valence-electron chi connectivity index (χ3n) is 4.27. The van der Waals surface area contributed by atoms with Gasteiger partial charge in [0.15, 0.2) is 0 Å². The van der Waals surface area contributed by atoms with Crippen LogP contribution in [0.4, 0.5) is 5.69 Å². The molecule has 2 rings (SSSR count). The SMILES string of the molecule is CC(C)(C)C1CCN(c2cccc(Cl)c2C(=O)O)CC1. The molecule has 1 aromatic rings. The number of nitrogens with zero attached hydrogens (tertiary/aromatic N) is 1. The number of piperidine rings is 1. The van der Waals surface area contributed by atoms with Crippen molar-refractivity contribution in [2.75, 3.05) is 18.0 Å². The van der Waals surface area contributed by atoms with Crippen LogP contribution in [0.25, 0.3) is 0 Å². The average Bonchev–Trinajstić information content (AvgIpc) is 2.37. The minimum absolute atomic E-state index is 0.225. The van der Waals surface area contributed by atoms with Gasteiger partial charge in [0.2, 0.25) is 0 Å². The summed E-state index contributed by atoms with van der Waals surface area (Å²) in [5.74, 6) is -0.269. The van der Waals surface area contributed by atoms with Gasteiger partial charge in [-0.15, -0.1) is 0 Å². The summed E-state index contributed by atoms with van der Waals surface area (Å²) >= 11 is 6.04. The first-order valence-corrected chi connectivity index (χ1v) is 7.45. The van der Waals surface area contributed by atoms with E-state index in [0.29, 0.717) is 16.4 Å². The van der Waals surface area contributed by atoms with E-state index in [1.165, 1.54) is 0 Å². The van der Waals surface area contributed by atoms with Crippen molar-refractivity contribution in [2.45, 2.75) is 33.6 Å². The fourth-order valence-electron chi connectivity index (χ4n) is 2.97. The van der Waals surface area contributed by atoms with Gasteiger partial charge in [0, 0.05) is 13.1 Å². The van der Waals surface area contributed by atoms with Crippen LogP contribution >= 0.6 is 11.6 Å². The third-order valence-corrected chi connectivity index (χ3v) is 4.58. The number of hydrogen-bond acceptors (Lipinski definition) is 2. The lowest BCUT2D eigenvalue weighted by Crippen LogP contribution is -2.38. The van der Waals surface area contributed by atoms with Crippen LogP contribution in [0.3, 0.4) is 0 Å². The summed E-state index contributed by atoms with van der Waals surface area (Å²) in [4.78, 5) is 13.5. The topological polar surface area (TPSA) is 40.5 Å². The number of aromatic carboxylic acids is 1. The van der Waals surface area contributed by atoms with Crippen molar-refractivity contribution in [1.29, 1.82) is 0 Å². The van der Waals surface area contributed by atoms with Gasteiger partial charge in [-0.25, -0.2) is 4.79 Å². The standard InChI is InChI=1S/C16H22ClNO2/c1-16(2,3)11-7-9-18(10-8-11)13-6-4-5-12(17)14(13)15(19)20/h4-6,11H,7-10H2,1-3H3,(H,19,20). The first kappa shape index (κ1) is 15.2. The molecule has 1 heterocycles. The van der Waals surface area contributed by atoms with E-state index in [0.717, 1.165) is 31.6 Å². The molecule has 110 valence electrons. The van der Waals surface area contributed by atoms with Crippen molar-refractivity contribution in [3.05, 3.63) is 28.8 Å². The molecule has 0 aliphatic carbocycles. The van der Waals surface area contributed by atoms with Crippen molar-refractivity contribution in [1.82, 2.24) is 0 Å². The second kappa shape index (κ2) is 5.65. The number of halogens is 1. The van der Waals surface area contributed by atoms with Gasteiger partial charge in [0.05, 0.1) is 10.7 Å². The van der Waals surface area contributed by atoms with Crippen molar-refractivity contribution in [3.8, 4) is 0 Å². The molecule has 1 saturated heterocycles. The van der Waals surface area contributed by atoms with Crippen molar-refractivity contribution < 1.29 is 9.90 Å². The van der Waals surface area contributed by atoms with E-state index in [-0.39, 0.29) is 5.56 Å². The van der Waals surface area contributed by atoms with E-state index < -0.39 is 5.97 Å². The molecule has 0 aromatic heterocycles. The molecule has 0 spiro atoms. The molecule has 1 aliphatic rings. The summed E-state index contributed by atoms with van der Waals surface area (Å²) in [7, 11) is 0. The van der Waals surface area contributed by atoms with E-state index in [9.17, 15) is 9.90 Å². The Morgan fingerprint density at radius 2 is 1.90 bits per heavy atom. The van der Waals surface area contributed by atoms with Crippen LogP contribution in [0.5, 0.6) is 0 Å². The van der Waals surface area contributed by atoms with E-state index in [1.54, 1.807) is 6.07 Å². The highest BCUT2D eigenvalue weighted by molar-refractivity contribution is 6.34. The molecule has 1 aliphatic heterocycles. The Morgan fingerprint density at radius 3 is 2.40 bits per heavy atom. The third kappa shape index (κ3) is 3.09. The van der Waals surface area contributed by atoms with Crippen LogP contribution in [0, 0.1) is 11.3 Å². The first-order chi connectivity index (χ1) is 9.30. The molecule has 1 fully saturated rings. The summed E-state index contributed by atoms with van der Waals surface area (Å²) < 4.78 is 0. The molecule has 20 heavy (non-hydrogen) atoms. The maximum absolute atomic E-state index is 11.4. The maximum Gasteiger partial charge on any atom is 0.339 e. The number of hydrogen-bond donors (Lipinski definition) is 1. The van der Waals surface area contributed by atoms with Crippen LogP contribution in [0.2, 0.25) is 5.02 Å². The lowest BCUT2D eigenvalue weighted by molar-refractivity contribution is 0.0697. The Morgan fingerprint density at radius 1 is 1.30 bits per heavy atom. The number of anilines is 1. The Bertz CT molecular complexity index is 500. The van der Waals surface area contributed by atoms with Crippen molar-refractivity contribution >= 4 is 23.3 Å². The van der Waals surface area contributed by atoms with E-state index in [1.807, 2.05) is 12.1 Å². The second-order valence-corrected chi connectivity index (χ2v) is 6.97. The summed E-state index contributed by atoms with van der Waals surface area (Å²) in [6.45, 7) is 8.60. The highest BCUT2D eigenvalue weighted by atomic mass is 35.5. The predicted molar refractivity (Wildman–Crippen MR) is 82.8 cm³/mol. The highest BCUT2D eigenvalue weighted by Crippen LogP contribution is 2.37. The summed E-state index contributed by atoms with van der Waals surface area (Å²) in [5, 5.41) is 9.66. The van der Waals surface area contributed by atoms with Crippen LogP contribution in [0.1, 0.15) is 44.0 Å². The number of rotatable bonds is 2. The van der Waals surface area contributed by atoms with E-state index in [2.05, 4.69) is 25.7 Å². The number of benzene rings is 1. The molecule has 1 N–H and O–H groups in total. The molecule has 0 atom stereocenters. The van der Waals surface area contributed by atoms with Gasteiger partial charge in [-0.05, 0) is 36.3 Å². The van der Waals surface area contributed by atoms with E-state index >= 15 is 0 Å². The lowest BCUT2D eigenvalue weighted by atomic mass is 9.75. The van der Waals surface area contributed by atoms with Gasteiger partial charge in [0.1, 0.15) is 5.56 Å². The normalized spacial score (nSPS) is 17.3. The second-order valence-electron chi connectivity index (χ2n) is 6.57. The molecule has 0 radical (unpaired) electrons. The molecule has 0 amide bonds. The zero-order valence-electron chi connectivity index (χ0n) is 12.3. The Labute approximate surface area is 125 Å². The molecular weight excluding hydrogens is 274 g/mol. The molecule has 4 heteroatoms. The minimum Gasteiger partial charge on any atom is -0.478 e. The number of carbonyl (C=O) groups is 1. The monoisotopic (exact) mass is 295 g/mol. The Kier molecular flexibility index (Phi) is 4.28. The molecule has 0 unspecified atom stereocenters. The lowest BCUT2D eigenvalue weighted by Gasteiger charge is -2.40. The van der Waals surface area contributed by atoms with E-state index in [4.69, 9.17) is 11.6 Å². The average molecular weight is 296 g/mol. The number of carboxylic acids is 1. The van der Waals surface area contributed by atoms with Gasteiger partial charge < -0.3 is 10.0 Å². The predicted octanol–water partition coefficient (Wildman–Crippen LogP) is 4.30. The highest BCUT2D eigenvalue weighted by Gasteiger charge is 2.30. The first-order valence-electron chi connectivity index (χ1n) is 7.07. The Balaban J connectivity index is 2.19. The molecular formula is C16H22ClNO2. The molecule has 0 saturated carbocycles. The summed E-state index contributed by atoms with van der Waals surface area (Å²) in [5.41, 5.74) is 1.29. The Hall–Kier alpha value is -1.22. The molecule has 0 bridgehead atoms. The fraction of sp³-hybridized carbons (Fsp3) is 0.562. The van der Waals surface area contributed by atoms with Crippen LogP contribution in [-0.4, -0.2) is 24.2 Å². The van der Waals surface area contributed by atoms with Gasteiger partial charge >= 0.3 is 5.97 Å². The van der Waals surface area contributed by atoms with Gasteiger partial charge in [-0.1, -0.05) is 38.4 Å². The van der Waals surface area contributed by atoms with Crippen LogP contribution in [0.15, 0.2) is 18.2 Å². The van der Waals surface area contributed by atoms with Gasteiger partial charge in [-0.2, -0.15) is 0 Å². The van der Waals surface area contributed by atoms with Crippen molar-refractivity contribution in [3.63, 3.8) is 0 Å². The summed E-state index contributed by atoms with van der Waals surface area (Å²) in [6, 6.07) is 5.31. The van der Waals surface area contributed by atoms with Crippen LogP contribution in [-0.2, 0) is 0 Å². The van der Waals surface area contributed by atoms with Crippen molar-refractivity contribution in [2.24, 2.45) is 11.3 Å². The zero-order chi connectivity index (χ0) is 14.9. The number of carboxylic acid groups (broad SMARTS) is 1. The van der Waals surface area contributed by atoms with Crippen LogP contribution < -0.4 is 4.90 Å². The summed E-state index contributed by atoms with van der Waals surface area (Å²) in [6.07, 6.45) is 2.18.